The monoisotopic (exact) mass is 457 g/mol. The van der Waals surface area contributed by atoms with Crippen LogP contribution in [0.5, 0.6) is 0 Å². The molecule has 0 saturated carbocycles. The quantitative estimate of drug-likeness (QED) is 0.463. The molecule has 2 heterocycles. The molecule has 4 N–H and O–H groups in total. The van der Waals surface area contributed by atoms with Crippen LogP contribution in [0.4, 0.5) is 18.0 Å². The molecule has 4 amide bonds. The molecule has 1 atom stereocenters. The van der Waals surface area contributed by atoms with Gasteiger partial charge in [-0.25, -0.2) is 4.79 Å². The maximum Gasteiger partial charge on any atom is 0.417 e. The number of alkyl halides is 3. The van der Waals surface area contributed by atoms with Crippen molar-refractivity contribution in [2.45, 2.75) is 37.6 Å². The maximum absolute atomic E-state index is 13.1. The molecule has 0 bridgehead atoms. The third-order valence-electron chi connectivity index (χ3n) is 5.22. The summed E-state index contributed by atoms with van der Waals surface area (Å²) in [5.41, 5.74) is 4.28. The van der Waals surface area contributed by atoms with E-state index < -0.39 is 40.1 Å². The number of halogens is 4. The number of amides is 4. The van der Waals surface area contributed by atoms with E-state index in [0.717, 1.165) is 6.07 Å². The van der Waals surface area contributed by atoms with Gasteiger partial charge in [0.25, 0.3) is 5.91 Å². The number of aliphatic imine (C=N–C) groups is 1. The Bertz CT molecular complexity index is 1010. The number of urea groups is 1. The van der Waals surface area contributed by atoms with Crippen LogP contribution in [0.3, 0.4) is 0 Å². The predicted molar refractivity (Wildman–Crippen MR) is 106 cm³/mol. The number of nitrogens with one attached hydrogen (secondary N) is 2. The summed E-state index contributed by atoms with van der Waals surface area (Å²) in [5.74, 6) is -1.11. The number of hydrogen-bond acceptors (Lipinski definition) is 5. The highest BCUT2D eigenvalue weighted by Gasteiger charge is 2.48. The molecule has 31 heavy (non-hydrogen) atoms. The second kappa shape index (κ2) is 8.22. The van der Waals surface area contributed by atoms with Crippen LogP contribution in [0.1, 0.15) is 29.5 Å². The van der Waals surface area contributed by atoms with Crippen molar-refractivity contribution in [3.05, 3.63) is 45.6 Å². The standard InChI is InChI=1S/C19H19ClF3N5O3/c1-25-5-3-14(24)18(16(30)26-17(31)27-18)4-2-15(29)28-8-10-6-12(19(21,22)23)13(20)7-11(10)9-28/h3,5-7H,2,4,8-9,24H2,1H3,(H2,26,27,30,31). The van der Waals surface area contributed by atoms with Gasteiger partial charge < -0.3 is 16.0 Å². The lowest BCUT2D eigenvalue weighted by molar-refractivity contribution is -0.137. The lowest BCUT2D eigenvalue weighted by Gasteiger charge is -2.27. The number of nitrogens with two attached hydrogens (primary N) is 1. The molecule has 12 heteroatoms. The van der Waals surface area contributed by atoms with Crippen LogP contribution in [0.2, 0.25) is 5.02 Å². The van der Waals surface area contributed by atoms with Gasteiger partial charge in [-0.1, -0.05) is 11.6 Å². The van der Waals surface area contributed by atoms with Gasteiger partial charge >= 0.3 is 12.2 Å². The van der Waals surface area contributed by atoms with Gasteiger partial charge in [0.05, 0.1) is 10.6 Å². The van der Waals surface area contributed by atoms with E-state index in [4.69, 9.17) is 17.3 Å². The Balaban J connectivity index is 1.75. The van der Waals surface area contributed by atoms with Gasteiger partial charge in [0, 0.05) is 38.5 Å². The minimum atomic E-state index is -4.60. The SMILES string of the molecule is CN=CC=C(N)C1(CCC(=O)N2Cc3cc(Cl)c(C(F)(F)F)cc3C2)NC(=O)NC1=O. The number of hydrogen-bond donors (Lipinski definition) is 3. The molecule has 1 aromatic rings. The number of benzene rings is 1. The van der Waals surface area contributed by atoms with Crippen LogP contribution in [-0.2, 0) is 28.9 Å². The van der Waals surface area contributed by atoms with Crippen molar-refractivity contribution in [2.24, 2.45) is 10.7 Å². The molecule has 3 rings (SSSR count). The number of imide groups is 1. The molecule has 0 aliphatic carbocycles. The van der Waals surface area contributed by atoms with E-state index in [9.17, 15) is 27.6 Å². The van der Waals surface area contributed by atoms with Crippen molar-refractivity contribution in [1.82, 2.24) is 15.5 Å². The molecular weight excluding hydrogens is 439 g/mol. The molecule has 1 aromatic carbocycles. The van der Waals surface area contributed by atoms with E-state index in [0.29, 0.717) is 11.1 Å². The number of carbonyl (C=O) groups excluding carboxylic acids is 3. The average Bonchev–Trinajstić information content (AvgIpc) is 3.22. The van der Waals surface area contributed by atoms with Crippen molar-refractivity contribution in [2.75, 3.05) is 7.05 Å². The van der Waals surface area contributed by atoms with Crippen LogP contribution in [0.15, 0.2) is 28.9 Å². The lowest BCUT2D eigenvalue weighted by Crippen LogP contribution is -2.51. The van der Waals surface area contributed by atoms with Crippen LogP contribution >= 0.6 is 11.6 Å². The second-order valence-electron chi connectivity index (χ2n) is 7.19. The summed E-state index contributed by atoms with van der Waals surface area (Å²) in [4.78, 5) is 41.9. The van der Waals surface area contributed by atoms with Crippen molar-refractivity contribution >= 4 is 35.7 Å². The number of nitrogens with zero attached hydrogens (tertiary/aromatic N) is 2. The molecule has 0 spiro atoms. The molecule has 1 saturated heterocycles. The van der Waals surface area contributed by atoms with Gasteiger partial charge in [0.2, 0.25) is 5.91 Å². The number of allylic oxidation sites excluding steroid dienone is 1. The van der Waals surface area contributed by atoms with Crippen LogP contribution < -0.4 is 16.4 Å². The molecule has 0 aromatic heterocycles. The second-order valence-corrected chi connectivity index (χ2v) is 7.60. The zero-order valence-corrected chi connectivity index (χ0v) is 17.1. The molecule has 2 aliphatic heterocycles. The summed E-state index contributed by atoms with van der Waals surface area (Å²) in [6.45, 7) is 0.0686. The van der Waals surface area contributed by atoms with E-state index in [1.807, 2.05) is 0 Å². The number of carbonyl (C=O) groups is 3. The summed E-state index contributed by atoms with van der Waals surface area (Å²) < 4.78 is 39.2. The van der Waals surface area contributed by atoms with Crippen molar-refractivity contribution in [3.8, 4) is 0 Å². The largest absolute Gasteiger partial charge is 0.417 e. The highest BCUT2D eigenvalue weighted by molar-refractivity contribution is 6.31. The zero-order valence-electron chi connectivity index (χ0n) is 16.3. The fourth-order valence-corrected chi connectivity index (χ4v) is 3.87. The van der Waals surface area contributed by atoms with Gasteiger partial charge in [-0.15, -0.1) is 0 Å². The normalized spacial score (nSPS) is 21.5. The summed E-state index contributed by atoms with van der Waals surface area (Å²) in [6, 6.07) is 1.41. The summed E-state index contributed by atoms with van der Waals surface area (Å²) in [6.07, 6.45) is -2.22. The first-order chi connectivity index (χ1) is 14.5. The minimum absolute atomic E-state index is 0.000517. The summed E-state index contributed by atoms with van der Waals surface area (Å²) in [5, 5.41) is 4.12. The summed E-state index contributed by atoms with van der Waals surface area (Å²) >= 11 is 5.75. The molecule has 2 aliphatic rings. The van der Waals surface area contributed by atoms with Gasteiger partial charge in [0.1, 0.15) is 0 Å². The van der Waals surface area contributed by atoms with Crippen LogP contribution in [-0.4, -0.2) is 41.5 Å². The Morgan fingerprint density at radius 1 is 1.32 bits per heavy atom. The molecule has 8 nitrogen and oxygen atoms in total. The highest BCUT2D eigenvalue weighted by atomic mass is 35.5. The number of fused-ring (bicyclic) bond motifs is 1. The fourth-order valence-electron chi connectivity index (χ4n) is 3.58. The van der Waals surface area contributed by atoms with Gasteiger partial charge in [-0.3, -0.25) is 19.9 Å². The first-order valence-electron chi connectivity index (χ1n) is 9.16. The van der Waals surface area contributed by atoms with E-state index in [1.165, 1.54) is 30.3 Å². The third-order valence-corrected chi connectivity index (χ3v) is 5.53. The van der Waals surface area contributed by atoms with Crippen molar-refractivity contribution in [3.63, 3.8) is 0 Å². The van der Waals surface area contributed by atoms with Crippen molar-refractivity contribution in [1.29, 1.82) is 0 Å². The Labute approximate surface area is 180 Å². The zero-order chi connectivity index (χ0) is 23.0. The first kappa shape index (κ1) is 22.6. The van der Waals surface area contributed by atoms with E-state index >= 15 is 0 Å². The fraction of sp³-hybridized carbons (Fsp3) is 0.368. The Hall–Kier alpha value is -3.08. The Kier molecular flexibility index (Phi) is 5.99. The topological polar surface area (TPSA) is 117 Å². The maximum atomic E-state index is 13.1. The van der Waals surface area contributed by atoms with Crippen LogP contribution in [0.25, 0.3) is 0 Å². The first-order valence-corrected chi connectivity index (χ1v) is 9.54. The van der Waals surface area contributed by atoms with E-state index in [1.54, 1.807) is 0 Å². The Morgan fingerprint density at radius 3 is 2.52 bits per heavy atom. The number of rotatable bonds is 5. The van der Waals surface area contributed by atoms with Gasteiger partial charge in [0.15, 0.2) is 5.54 Å². The Morgan fingerprint density at radius 2 is 1.97 bits per heavy atom. The smallest absolute Gasteiger partial charge is 0.400 e. The van der Waals surface area contributed by atoms with E-state index in [-0.39, 0.29) is 31.6 Å². The van der Waals surface area contributed by atoms with Crippen molar-refractivity contribution < 1.29 is 27.6 Å². The summed E-state index contributed by atoms with van der Waals surface area (Å²) in [7, 11) is 1.49. The van der Waals surface area contributed by atoms with E-state index in [2.05, 4.69) is 15.6 Å². The highest BCUT2D eigenvalue weighted by Crippen LogP contribution is 2.38. The molecule has 1 fully saturated rings. The van der Waals surface area contributed by atoms with Gasteiger partial charge in [-0.05, 0) is 35.8 Å². The van der Waals surface area contributed by atoms with Crippen LogP contribution in [0, 0.1) is 0 Å². The third kappa shape index (κ3) is 4.36. The predicted octanol–water partition coefficient (Wildman–Crippen LogP) is 2.10. The molecule has 1 unspecified atom stereocenters. The molecule has 0 radical (unpaired) electrons. The average molecular weight is 458 g/mol. The molecule has 166 valence electrons. The van der Waals surface area contributed by atoms with Gasteiger partial charge in [-0.2, -0.15) is 13.2 Å². The minimum Gasteiger partial charge on any atom is -0.400 e. The lowest BCUT2D eigenvalue weighted by atomic mass is 9.89. The molecular formula is C19H19ClF3N5O3.